The van der Waals surface area contributed by atoms with Gasteiger partial charge in [-0.05, 0) is 68.4 Å². The Balaban J connectivity index is 1.13. The summed E-state index contributed by atoms with van der Waals surface area (Å²) in [5.41, 5.74) is 1.10. The van der Waals surface area contributed by atoms with E-state index in [1.54, 1.807) is 31.3 Å². The number of carbonyl (C=O) groups excluding carboxylic acids is 1. The molecule has 0 unspecified atom stereocenters. The molecule has 0 spiro atoms. The number of aromatic nitrogens is 4. The van der Waals surface area contributed by atoms with Gasteiger partial charge in [0, 0.05) is 37.8 Å². The van der Waals surface area contributed by atoms with Crippen LogP contribution in [-0.4, -0.2) is 65.9 Å². The topological polar surface area (TPSA) is 127 Å². The van der Waals surface area contributed by atoms with Crippen molar-refractivity contribution < 1.29 is 13.7 Å². The van der Waals surface area contributed by atoms with E-state index in [1.807, 2.05) is 12.1 Å². The van der Waals surface area contributed by atoms with Crippen molar-refractivity contribution in [1.29, 1.82) is 0 Å². The van der Waals surface area contributed by atoms with Crippen molar-refractivity contribution in [1.82, 2.24) is 25.2 Å². The molecule has 0 aromatic carbocycles. The van der Waals surface area contributed by atoms with E-state index in [-0.39, 0.29) is 34.4 Å². The largest absolute Gasteiger partial charge is 0.410 e. The van der Waals surface area contributed by atoms with Crippen molar-refractivity contribution in [3.05, 3.63) is 58.3 Å². The molecule has 220 valence electrons. The Kier molecular flexibility index (Phi) is 8.06. The van der Waals surface area contributed by atoms with Crippen molar-refractivity contribution in [2.75, 3.05) is 29.9 Å². The van der Waals surface area contributed by atoms with Gasteiger partial charge in [0.2, 0.25) is 5.76 Å². The average molecular weight is 580 g/mol. The third kappa shape index (κ3) is 6.70. The van der Waals surface area contributed by atoms with Gasteiger partial charge in [0.1, 0.15) is 11.6 Å². The Morgan fingerprint density at radius 2 is 1.95 bits per heavy atom. The predicted octanol–water partition coefficient (Wildman–Crippen LogP) is 4.14. The van der Waals surface area contributed by atoms with Crippen LogP contribution in [0.3, 0.4) is 0 Å². The first-order valence-electron chi connectivity index (χ1n) is 14.4. The maximum Gasteiger partial charge on any atom is 0.289 e. The smallest absolute Gasteiger partial charge is 0.289 e. The molecule has 1 aliphatic carbocycles. The van der Waals surface area contributed by atoms with Gasteiger partial charge in [-0.25, -0.2) is 4.98 Å². The Bertz CT molecular complexity index is 1420. The molecule has 3 aromatic heterocycles. The molecule has 11 nitrogen and oxygen atoms in total. The van der Waals surface area contributed by atoms with Gasteiger partial charge in [0.05, 0.1) is 23.7 Å². The zero-order valence-corrected chi connectivity index (χ0v) is 25.8. The van der Waals surface area contributed by atoms with Gasteiger partial charge in [-0.2, -0.15) is 4.68 Å². The first kappa shape index (κ1) is 29.0. The molecule has 0 radical (unpaired) electrons. The van der Waals surface area contributed by atoms with Crippen LogP contribution in [0.5, 0.6) is 0 Å². The van der Waals surface area contributed by atoms with Crippen molar-refractivity contribution >= 4 is 25.9 Å². The summed E-state index contributed by atoms with van der Waals surface area (Å²) in [6, 6.07) is 8.96. The standard InChI is InChI=1S/C29H41N7O4Si/c1-19-13-24(39-34-19)28(38)31-15-20-7-8-21(14-20)32-25-10-9-22(16-30-25)36-27(37)12-11-26(33-36)35-17-23(18-35)40-41(5,6)29(2,3)4/h9-13,16,20-21,23H,7-8,14-15,17-18H2,1-6H3,(H,30,32)(H,31,38)/t20-,21+/m1/s1. The summed E-state index contributed by atoms with van der Waals surface area (Å²) in [5.74, 6) is 1.88. The molecular formula is C29H41N7O4Si. The lowest BCUT2D eigenvalue weighted by Gasteiger charge is -2.46. The van der Waals surface area contributed by atoms with Gasteiger partial charge in [-0.15, -0.1) is 5.10 Å². The van der Waals surface area contributed by atoms with E-state index >= 15 is 0 Å². The molecule has 1 amide bonds. The molecule has 2 atom stereocenters. The second-order valence-corrected chi connectivity index (χ2v) is 17.6. The maximum absolute atomic E-state index is 12.6. The third-order valence-corrected chi connectivity index (χ3v) is 13.0. The SMILES string of the molecule is Cc1cc(C(=O)NC[C@@H]2CC[C@H](Nc3ccc(-n4nc(N5CC(O[Si](C)(C)C(C)(C)C)C5)ccc4=O)cn3)C2)on1. The number of hydrogen-bond acceptors (Lipinski definition) is 9. The van der Waals surface area contributed by atoms with Gasteiger partial charge in [0.15, 0.2) is 8.32 Å². The first-order valence-corrected chi connectivity index (χ1v) is 17.3. The number of anilines is 2. The van der Waals surface area contributed by atoms with E-state index in [0.29, 0.717) is 23.8 Å². The van der Waals surface area contributed by atoms with Crippen LogP contribution in [0, 0.1) is 12.8 Å². The van der Waals surface area contributed by atoms with Gasteiger partial charge in [-0.3, -0.25) is 9.59 Å². The highest BCUT2D eigenvalue weighted by atomic mass is 28.4. The van der Waals surface area contributed by atoms with Gasteiger partial charge < -0.3 is 24.5 Å². The molecule has 1 saturated carbocycles. The Hall–Kier alpha value is -3.51. The highest BCUT2D eigenvalue weighted by molar-refractivity contribution is 6.74. The predicted molar refractivity (Wildman–Crippen MR) is 160 cm³/mol. The summed E-state index contributed by atoms with van der Waals surface area (Å²) >= 11 is 0. The zero-order valence-electron chi connectivity index (χ0n) is 24.8. The van der Waals surface area contributed by atoms with Crippen molar-refractivity contribution in [3.8, 4) is 5.69 Å². The fraction of sp³-hybridized carbons (Fsp3) is 0.552. The summed E-state index contributed by atoms with van der Waals surface area (Å²) in [6.07, 6.45) is 4.79. The van der Waals surface area contributed by atoms with Crippen LogP contribution in [0.2, 0.25) is 18.1 Å². The van der Waals surface area contributed by atoms with E-state index in [2.05, 4.69) is 64.6 Å². The number of aryl methyl sites for hydroxylation is 1. The van der Waals surface area contributed by atoms with Crippen LogP contribution < -0.4 is 21.1 Å². The molecular weight excluding hydrogens is 538 g/mol. The third-order valence-electron chi connectivity index (χ3n) is 8.51. The number of hydrogen-bond donors (Lipinski definition) is 2. The number of nitrogens with zero attached hydrogens (tertiary/aromatic N) is 5. The van der Waals surface area contributed by atoms with E-state index < -0.39 is 8.32 Å². The molecule has 5 rings (SSSR count). The summed E-state index contributed by atoms with van der Waals surface area (Å²) in [7, 11) is -1.82. The highest BCUT2D eigenvalue weighted by Crippen LogP contribution is 2.38. The van der Waals surface area contributed by atoms with Crippen LogP contribution in [0.4, 0.5) is 11.6 Å². The minimum Gasteiger partial charge on any atom is -0.410 e. The molecule has 1 aliphatic heterocycles. The lowest BCUT2D eigenvalue weighted by molar-refractivity contribution is 0.0910. The molecule has 1 saturated heterocycles. The molecule has 2 fully saturated rings. The van der Waals surface area contributed by atoms with Crippen molar-refractivity contribution in [3.63, 3.8) is 0 Å². The second kappa shape index (κ2) is 11.4. The first-order chi connectivity index (χ1) is 19.4. The van der Waals surface area contributed by atoms with Gasteiger partial charge in [-0.1, -0.05) is 25.9 Å². The zero-order chi connectivity index (χ0) is 29.4. The van der Waals surface area contributed by atoms with E-state index in [9.17, 15) is 9.59 Å². The Morgan fingerprint density at radius 1 is 1.17 bits per heavy atom. The number of rotatable bonds is 9. The Labute approximate surface area is 241 Å². The number of nitrogens with one attached hydrogen (secondary N) is 2. The van der Waals surface area contributed by atoms with Crippen molar-refractivity contribution in [2.24, 2.45) is 5.92 Å². The molecule has 0 bridgehead atoms. The number of pyridine rings is 1. The maximum atomic E-state index is 12.6. The minimum atomic E-state index is -1.82. The van der Waals surface area contributed by atoms with E-state index in [4.69, 9.17) is 8.95 Å². The molecule has 12 heteroatoms. The summed E-state index contributed by atoms with van der Waals surface area (Å²) in [6.45, 7) is 15.2. The quantitative estimate of drug-likeness (QED) is 0.360. The summed E-state index contributed by atoms with van der Waals surface area (Å²) < 4.78 is 12.9. The van der Waals surface area contributed by atoms with Gasteiger partial charge >= 0.3 is 0 Å². The molecule has 2 aliphatic rings. The average Bonchev–Trinajstić information content (AvgIpc) is 3.54. The lowest BCUT2D eigenvalue weighted by atomic mass is 10.1. The minimum absolute atomic E-state index is 0.169. The normalized spacial score (nSPS) is 19.7. The lowest BCUT2D eigenvalue weighted by Crippen LogP contribution is -2.58. The molecule has 2 N–H and O–H groups in total. The monoisotopic (exact) mass is 579 g/mol. The summed E-state index contributed by atoms with van der Waals surface area (Å²) in [5, 5.41) is 15.0. The van der Waals surface area contributed by atoms with Crippen LogP contribution in [0.1, 0.15) is 56.3 Å². The second-order valence-electron chi connectivity index (χ2n) is 12.8. The van der Waals surface area contributed by atoms with Crippen LogP contribution in [0.25, 0.3) is 5.69 Å². The molecule has 41 heavy (non-hydrogen) atoms. The molecule has 4 heterocycles. The fourth-order valence-corrected chi connectivity index (χ4v) is 6.38. The number of amides is 1. The van der Waals surface area contributed by atoms with Crippen LogP contribution >= 0.6 is 0 Å². The van der Waals surface area contributed by atoms with E-state index in [0.717, 1.165) is 44.0 Å². The summed E-state index contributed by atoms with van der Waals surface area (Å²) in [4.78, 5) is 31.6. The highest BCUT2D eigenvalue weighted by Gasteiger charge is 2.42. The van der Waals surface area contributed by atoms with E-state index in [1.165, 1.54) is 4.68 Å². The number of carbonyl (C=O) groups is 1. The van der Waals surface area contributed by atoms with Crippen LogP contribution in [0.15, 0.2) is 45.8 Å². The van der Waals surface area contributed by atoms with Crippen LogP contribution in [-0.2, 0) is 4.43 Å². The fourth-order valence-electron chi connectivity index (χ4n) is 5.04. The van der Waals surface area contributed by atoms with Crippen molar-refractivity contribution in [2.45, 2.75) is 77.2 Å². The molecule has 3 aromatic rings. The Morgan fingerprint density at radius 3 is 2.61 bits per heavy atom. The van der Waals surface area contributed by atoms with Gasteiger partial charge in [0.25, 0.3) is 11.5 Å².